The first-order valence-corrected chi connectivity index (χ1v) is 11.4. The van der Waals surface area contributed by atoms with E-state index >= 15 is 0 Å². The molecule has 0 amide bonds. The van der Waals surface area contributed by atoms with E-state index in [1.54, 1.807) is 6.07 Å². The van der Waals surface area contributed by atoms with Gasteiger partial charge in [-0.3, -0.25) is 4.40 Å². The summed E-state index contributed by atoms with van der Waals surface area (Å²) in [6.07, 6.45) is 7.88. The van der Waals surface area contributed by atoms with Crippen molar-refractivity contribution in [2.75, 3.05) is 0 Å². The molecule has 2 aromatic heterocycles. The summed E-state index contributed by atoms with van der Waals surface area (Å²) in [4.78, 5) is 10.3. The lowest BCUT2D eigenvalue weighted by Crippen LogP contribution is -2.49. The molecule has 4 bridgehead atoms. The van der Waals surface area contributed by atoms with E-state index in [9.17, 15) is 4.39 Å². The zero-order valence-electron chi connectivity index (χ0n) is 17.6. The molecule has 4 saturated carbocycles. The molecule has 0 radical (unpaired) electrons. The molecular weight excluding hydrogens is 373 g/mol. The fraction of sp³-hybridized carbons (Fsp3) is 0.462. The Morgan fingerprint density at radius 1 is 0.867 bits per heavy atom. The number of aromatic nitrogens is 3. The first-order valence-electron chi connectivity index (χ1n) is 11.4. The molecule has 4 fully saturated rings. The number of rotatable bonds is 1. The third kappa shape index (κ3) is 2.20. The Balaban J connectivity index is 1.62. The predicted molar refractivity (Wildman–Crippen MR) is 117 cm³/mol. The maximum atomic E-state index is 14.2. The topological polar surface area (TPSA) is 30.2 Å². The monoisotopic (exact) mass is 399 g/mol. The summed E-state index contributed by atoms with van der Waals surface area (Å²) >= 11 is 0. The van der Waals surface area contributed by atoms with Crippen LogP contribution in [0.15, 0.2) is 30.3 Å². The quantitative estimate of drug-likeness (QED) is 0.378. The van der Waals surface area contributed by atoms with E-state index in [0.29, 0.717) is 0 Å². The fourth-order valence-corrected chi connectivity index (χ4v) is 7.42. The molecule has 4 heteroatoms. The van der Waals surface area contributed by atoms with Gasteiger partial charge in [0.25, 0.3) is 0 Å². The van der Waals surface area contributed by atoms with Crippen LogP contribution in [0.2, 0.25) is 0 Å². The van der Waals surface area contributed by atoms with Crippen molar-refractivity contribution < 1.29 is 4.39 Å². The number of hydrogen-bond donors (Lipinski definition) is 0. The van der Waals surface area contributed by atoms with Crippen LogP contribution >= 0.6 is 0 Å². The van der Waals surface area contributed by atoms with Crippen molar-refractivity contribution in [2.24, 2.45) is 17.8 Å². The Morgan fingerprint density at radius 3 is 2.23 bits per heavy atom. The largest absolute Gasteiger partial charge is 0.279 e. The third-order valence-corrected chi connectivity index (χ3v) is 8.42. The number of aryl methyl sites for hydroxylation is 2. The highest BCUT2D eigenvalue weighted by Gasteiger charge is 2.53. The van der Waals surface area contributed by atoms with Gasteiger partial charge in [0.05, 0.1) is 16.6 Å². The predicted octanol–water partition coefficient (Wildman–Crippen LogP) is 6.26. The van der Waals surface area contributed by atoms with Gasteiger partial charge in [-0.05, 0) is 106 Å². The van der Waals surface area contributed by atoms with Crippen LogP contribution in [0.1, 0.15) is 55.5 Å². The Labute approximate surface area is 175 Å². The second-order valence-corrected chi connectivity index (χ2v) is 10.5. The number of halogens is 1. The second-order valence-electron chi connectivity index (χ2n) is 10.5. The van der Waals surface area contributed by atoms with Crippen LogP contribution in [-0.2, 0) is 5.41 Å². The molecule has 0 atom stereocenters. The average Bonchev–Trinajstić information content (AvgIpc) is 3.04. The summed E-state index contributed by atoms with van der Waals surface area (Å²) in [5.41, 5.74) is 6.49. The minimum atomic E-state index is -0.224. The molecule has 4 aromatic rings. The lowest BCUT2D eigenvalue weighted by Gasteiger charge is -2.56. The van der Waals surface area contributed by atoms with E-state index < -0.39 is 0 Å². The van der Waals surface area contributed by atoms with Crippen molar-refractivity contribution in [1.29, 1.82) is 0 Å². The molecule has 4 aliphatic carbocycles. The van der Waals surface area contributed by atoms with Crippen LogP contribution in [-0.4, -0.2) is 14.4 Å². The zero-order valence-corrected chi connectivity index (χ0v) is 17.6. The van der Waals surface area contributed by atoms with Gasteiger partial charge in [0.1, 0.15) is 17.3 Å². The first kappa shape index (κ1) is 17.2. The molecule has 152 valence electrons. The number of benzene rings is 2. The lowest BCUT2D eigenvalue weighted by atomic mass is 9.49. The summed E-state index contributed by atoms with van der Waals surface area (Å²) in [6, 6.07) is 9.43. The van der Waals surface area contributed by atoms with Crippen molar-refractivity contribution >= 4 is 27.6 Å². The van der Waals surface area contributed by atoms with Gasteiger partial charge in [-0.2, -0.15) is 0 Å². The number of fused-ring (bicyclic) bond motifs is 5. The summed E-state index contributed by atoms with van der Waals surface area (Å²) in [5, 5.41) is 0.941. The van der Waals surface area contributed by atoms with Crippen LogP contribution in [0.5, 0.6) is 0 Å². The van der Waals surface area contributed by atoms with E-state index in [2.05, 4.69) is 30.4 Å². The van der Waals surface area contributed by atoms with Gasteiger partial charge in [-0.15, -0.1) is 0 Å². The van der Waals surface area contributed by atoms with E-state index in [1.807, 2.05) is 6.07 Å². The van der Waals surface area contributed by atoms with Crippen LogP contribution in [0.4, 0.5) is 4.39 Å². The first-order chi connectivity index (χ1) is 14.5. The molecule has 0 saturated heterocycles. The van der Waals surface area contributed by atoms with Gasteiger partial charge < -0.3 is 0 Å². The Kier molecular flexibility index (Phi) is 3.21. The molecule has 0 spiro atoms. The van der Waals surface area contributed by atoms with E-state index in [4.69, 9.17) is 9.97 Å². The number of imidazole rings is 1. The van der Waals surface area contributed by atoms with Crippen molar-refractivity contribution in [3.63, 3.8) is 0 Å². The summed E-state index contributed by atoms with van der Waals surface area (Å²) in [6.45, 7) is 4.31. The molecule has 0 aliphatic heterocycles. The van der Waals surface area contributed by atoms with E-state index in [1.165, 1.54) is 55.7 Å². The van der Waals surface area contributed by atoms with Gasteiger partial charge in [0.2, 0.25) is 0 Å². The molecule has 4 aliphatic rings. The minimum absolute atomic E-state index is 0.111. The molecular formula is C26H26FN3. The van der Waals surface area contributed by atoms with Gasteiger partial charge in [-0.1, -0.05) is 0 Å². The van der Waals surface area contributed by atoms with Crippen molar-refractivity contribution in [1.82, 2.24) is 14.4 Å². The average molecular weight is 400 g/mol. The summed E-state index contributed by atoms with van der Waals surface area (Å²) in [7, 11) is 0. The smallest absolute Gasteiger partial charge is 0.148 e. The Hall–Kier alpha value is -2.49. The highest BCUT2D eigenvalue weighted by atomic mass is 19.1. The third-order valence-electron chi connectivity index (χ3n) is 8.42. The highest BCUT2D eigenvalue weighted by Crippen LogP contribution is 2.60. The Morgan fingerprint density at radius 2 is 1.53 bits per heavy atom. The van der Waals surface area contributed by atoms with Gasteiger partial charge in [-0.25, -0.2) is 14.4 Å². The molecule has 30 heavy (non-hydrogen) atoms. The molecule has 2 heterocycles. The number of nitrogens with zero attached hydrogens (tertiary/aromatic N) is 3. The SMILES string of the molecule is Cc1cc2nc3c4ccc(F)cc4nc(C45CC6CC(CC(C6)C4)C5)n3c2cc1C. The molecule has 8 rings (SSSR count). The van der Waals surface area contributed by atoms with Crippen LogP contribution in [0.25, 0.3) is 27.6 Å². The normalized spacial score (nSPS) is 30.2. The van der Waals surface area contributed by atoms with Gasteiger partial charge in [0.15, 0.2) is 0 Å². The molecule has 2 aromatic carbocycles. The van der Waals surface area contributed by atoms with Crippen LogP contribution < -0.4 is 0 Å². The summed E-state index contributed by atoms with van der Waals surface area (Å²) < 4.78 is 16.5. The van der Waals surface area contributed by atoms with Gasteiger partial charge in [0, 0.05) is 16.9 Å². The van der Waals surface area contributed by atoms with Crippen molar-refractivity contribution in [3.05, 3.63) is 53.1 Å². The van der Waals surface area contributed by atoms with Crippen LogP contribution in [0, 0.1) is 37.4 Å². The highest BCUT2D eigenvalue weighted by molar-refractivity contribution is 5.96. The maximum Gasteiger partial charge on any atom is 0.148 e. The molecule has 0 N–H and O–H groups in total. The zero-order chi connectivity index (χ0) is 20.2. The standard InChI is InChI=1S/C26H26FN3/c1-14-5-22-23(6-15(14)2)30-24(28-22)20-4-3-19(27)10-21(20)29-25(30)26-11-16-7-17(12-26)9-18(8-16)13-26/h3-6,10,16-18H,7-9,11-13H2,1-2H3. The summed E-state index contributed by atoms with van der Waals surface area (Å²) in [5.74, 6) is 3.40. The van der Waals surface area contributed by atoms with Crippen molar-refractivity contribution in [3.8, 4) is 0 Å². The molecule has 0 unspecified atom stereocenters. The minimum Gasteiger partial charge on any atom is -0.279 e. The van der Waals surface area contributed by atoms with Gasteiger partial charge >= 0.3 is 0 Å². The van der Waals surface area contributed by atoms with Crippen molar-refractivity contribution in [2.45, 2.75) is 57.8 Å². The van der Waals surface area contributed by atoms with E-state index in [0.717, 1.165) is 51.2 Å². The van der Waals surface area contributed by atoms with E-state index in [-0.39, 0.29) is 11.2 Å². The molecule has 3 nitrogen and oxygen atoms in total. The maximum absolute atomic E-state index is 14.2. The second kappa shape index (κ2) is 5.60. The number of hydrogen-bond acceptors (Lipinski definition) is 2. The lowest BCUT2D eigenvalue weighted by molar-refractivity contribution is -0.00964. The fourth-order valence-electron chi connectivity index (χ4n) is 7.42. The Bertz CT molecular complexity index is 1330. The van der Waals surface area contributed by atoms with Crippen LogP contribution in [0.3, 0.4) is 0 Å².